The Morgan fingerprint density at radius 1 is 0.287 bits per heavy atom. The third-order valence-electron chi connectivity index (χ3n) is 17.5. The highest BCUT2D eigenvalue weighted by molar-refractivity contribution is 7.47. The molecule has 0 aromatic carbocycles. The van der Waals surface area contributed by atoms with Crippen molar-refractivity contribution >= 4 is 39.5 Å². The van der Waals surface area contributed by atoms with Crippen LogP contribution in [0.1, 0.15) is 394 Å². The van der Waals surface area contributed by atoms with Crippen molar-refractivity contribution in [1.82, 2.24) is 0 Å². The first kappa shape index (κ1) is 92.1. The van der Waals surface area contributed by atoms with Crippen molar-refractivity contribution in [2.24, 2.45) is 5.92 Å². The molecule has 0 saturated carbocycles. The Morgan fingerprint density at radius 3 is 0.723 bits per heavy atom. The monoisotopic (exact) mass is 1380 g/mol. The third-order valence-corrected chi connectivity index (χ3v) is 19.4. The second kappa shape index (κ2) is 68.2. The second-order valence-corrected chi connectivity index (χ2v) is 30.4. The van der Waals surface area contributed by atoms with Crippen LogP contribution in [0.2, 0.25) is 0 Å². The van der Waals surface area contributed by atoms with Gasteiger partial charge in [0.05, 0.1) is 26.4 Å². The molecule has 0 aliphatic heterocycles. The number of aliphatic hydroxyl groups is 1. The highest BCUT2D eigenvalue weighted by atomic mass is 31.2. The molecule has 558 valence electrons. The summed E-state index contributed by atoms with van der Waals surface area (Å²) in [5.41, 5.74) is 0. The molecule has 0 aliphatic carbocycles. The Labute approximate surface area is 575 Å². The Kier molecular flexibility index (Phi) is 66.8. The van der Waals surface area contributed by atoms with E-state index < -0.39 is 97.5 Å². The molecule has 2 unspecified atom stereocenters. The van der Waals surface area contributed by atoms with Gasteiger partial charge < -0.3 is 33.8 Å². The summed E-state index contributed by atoms with van der Waals surface area (Å²) in [6, 6.07) is 0. The number of carbonyl (C=O) groups excluding carboxylic acids is 4. The quantitative estimate of drug-likeness (QED) is 0.0222. The van der Waals surface area contributed by atoms with E-state index in [1.165, 1.54) is 212 Å². The summed E-state index contributed by atoms with van der Waals surface area (Å²) in [4.78, 5) is 72.4. The van der Waals surface area contributed by atoms with Crippen LogP contribution in [0.15, 0.2) is 0 Å². The largest absolute Gasteiger partial charge is 0.472 e. The van der Waals surface area contributed by atoms with Crippen molar-refractivity contribution in [2.75, 3.05) is 39.6 Å². The first-order valence-electron chi connectivity index (χ1n) is 39.1. The fraction of sp³-hybridized carbons (Fsp3) is 0.947. The van der Waals surface area contributed by atoms with Gasteiger partial charge in [0.1, 0.15) is 19.3 Å². The number of esters is 4. The molecule has 3 N–H and O–H groups in total. The summed E-state index contributed by atoms with van der Waals surface area (Å²) < 4.78 is 68.2. The lowest BCUT2D eigenvalue weighted by Gasteiger charge is -2.21. The van der Waals surface area contributed by atoms with E-state index in [9.17, 15) is 43.2 Å². The highest BCUT2D eigenvalue weighted by Crippen LogP contribution is 2.45. The maximum absolute atomic E-state index is 13.1. The Bertz CT molecular complexity index is 1810. The van der Waals surface area contributed by atoms with E-state index in [0.717, 1.165) is 102 Å². The van der Waals surface area contributed by atoms with Crippen molar-refractivity contribution in [3.8, 4) is 0 Å². The SMILES string of the molecule is CCCCCCCCCCCCCCCCCCCCCCCCC(=O)O[C@H](COC(=O)CCCCCCCCCCCCCCCC)COP(=O)(O)OC[C@@H](O)COP(=O)(O)OC[C@@H](COC(=O)CCCCCCC)OC(=O)CCCCCCCCCCCCC(C)C. The number of aliphatic hydroxyl groups excluding tert-OH is 1. The van der Waals surface area contributed by atoms with Crippen LogP contribution in [0.5, 0.6) is 0 Å². The van der Waals surface area contributed by atoms with Gasteiger partial charge >= 0.3 is 39.5 Å². The lowest BCUT2D eigenvalue weighted by atomic mass is 10.0. The predicted octanol–water partition coefficient (Wildman–Crippen LogP) is 22.1. The molecule has 0 fully saturated rings. The van der Waals surface area contributed by atoms with Gasteiger partial charge in [-0.1, -0.05) is 343 Å². The van der Waals surface area contributed by atoms with E-state index in [1.807, 2.05) is 0 Å². The first-order valence-corrected chi connectivity index (χ1v) is 42.1. The molecule has 0 heterocycles. The molecule has 94 heavy (non-hydrogen) atoms. The zero-order valence-corrected chi connectivity index (χ0v) is 62.9. The number of rotatable bonds is 75. The maximum atomic E-state index is 13.1. The van der Waals surface area contributed by atoms with Gasteiger partial charge in [-0.3, -0.25) is 37.3 Å². The van der Waals surface area contributed by atoms with Crippen molar-refractivity contribution in [3.05, 3.63) is 0 Å². The van der Waals surface area contributed by atoms with E-state index in [4.69, 9.17) is 37.0 Å². The molecule has 0 aliphatic rings. The lowest BCUT2D eigenvalue weighted by Crippen LogP contribution is -2.30. The molecule has 0 aromatic rings. The zero-order valence-electron chi connectivity index (χ0n) is 61.1. The van der Waals surface area contributed by atoms with Crippen LogP contribution in [-0.4, -0.2) is 96.7 Å². The van der Waals surface area contributed by atoms with E-state index in [1.54, 1.807) is 0 Å². The molecule has 0 saturated heterocycles. The Balaban J connectivity index is 5.10. The standard InChI is InChI=1S/C75H146O17P2/c1-6-9-12-15-17-19-21-23-25-26-27-28-29-30-31-32-34-36-41-45-50-55-60-75(80)92-71(65-86-73(78)59-54-49-44-40-35-33-24-22-20-18-16-13-10-7-2)67-90-94(83,84)88-63-69(76)62-87-93(81,82)89-66-70(64-85-72(77)58-53-47-14-11-8-3)91-74(79)61-56-51-46-42-38-37-39-43-48-52-57-68(4)5/h68-71,76H,6-67H2,1-5H3,(H,81,82)(H,83,84)/t69-,70+,71+/m0/s1. The smallest absolute Gasteiger partial charge is 0.462 e. The third kappa shape index (κ3) is 68.6. The van der Waals surface area contributed by atoms with E-state index >= 15 is 0 Å². The van der Waals surface area contributed by atoms with Gasteiger partial charge in [0.25, 0.3) is 0 Å². The molecule has 0 bridgehead atoms. The topological polar surface area (TPSA) is 237 Å². The van der Waals surface area contributed by atoms with Gasteiger partial charge in [-0.15, -0.1) is 0 Å². The Morgan fingerprint density at radius 2 is 0.489 bits per heavy atom. The maximum Gasteiger partial charge on any atom is 0.472 e. The molecule has 5 atom stereocenters. The molecule has 0 radical (unpaired) electrons. The van der Waals surface area contributed by atoms with Gasteiger partial charge in [-0.25, -0.2) is 9.13 Å². The minimum absolute atomic E-state index is 0.105. The number of phosphoric ester groups is 2. The van der Waals surface area contributed by atoms with Crippen LogP contribution in [0.25, 0.3) is 0 Å². The summed E-state index contributed by atoms with van der Waals surface area (Å²) in [5, 5.41) is 10.6. The van der Waals surface area contributed by atoms with Crippen molar-refractivity contribution in [3.63, 3.8) is 0 Å². The van der Waals surface area contributed by atoms with Crippen LogP contribution in [0.4, 0.5) is 0 Å². The van der Waals surface area contributed by atoms with Gasteiger partial charge in [-0.05, 0) is 31.6 Å². The van der Waals surface area contributed by atoms with Gasteiger partial charge in [0.2, 0.25) is 0 Å². The normalized spacial score (nSPS) is 14.0. The molecule has 0 amide bonds. The lowest BCUT2D eigenvalue weighted by molar-refractivity contribution is -0.161. The molecule has 0 aromatic heterocycles. The minimum atomic E-state index is -4.95. The molecule has 19 heteroatoms. The van der Waals surface area contributed by atoms with Crippen molar-refractivity contribution in [2.45, 2.75) is 412 Å². The van der Waals surface area contributed by atoms with Crippen LogP contribution in [-0.2, 0) is 65.4 Å². The second-order valence-electron chi connectivity index (χ2n) is 27.5. The van der Waals surface area contributed by atoms with E-state index in [2.05, 4.69) is 34.6 Å². The molecular weight excluding hydrogens is 1230 g/mol. The molecule has 0 rings (SSSR count). The van der Waals surface area contributed by atoms with Crippen molar-refractivity contribution in [1.29, 1.82) is 0 Å². The number of hydrogen-bond donors (Lipinski definition) is 3. The highest BCUT2D eigenvalue weighted by Gasteiger charge is 2.30. The zero-order chi connectivity index (χ0) is 69.1. The van der Waals surface area contributed by atoms with E-state index in [-0.39, 0.29) is 25.7 Å². The number of hydrogen-bond acceptors (Lipinski definition) is 15. The summed E-state index contributed by atoms with van der Waals surface area (Å²) >= 11 is 0. The van der Waals surface area contributed by atoms with Crippen LogP contribution >= 0.6 is 15.6 Å². The number of carbonyl (C=O) groups is 4. The van der Waals surface area contributed by atoms with Crippen LogP contribution < -0.4 is 0 Å². The van der Waals surface area contributed by atoms with Gasteiger partial charge in [0, 0.05) is 25.7 Å². The molecule has 0 spiro atoms. The molecular formula is C75H146O17P2. The predicted molar refractivity (Wildman–Crippen MR) is 382 cm³/mol. The summed E-state index contributed by atoms with van der Waals surface area (Å²) in [6.07, 6.45) is 57.4. The fourth-order valence-corrected chi connectivity index (χ4v) is 13.1. The number of unbranched alkanes of at least 4 members (excludes halogenated alkanes) is 47. The summed E-state index contributed by atoms with van der Waals surface area (Å²) in [6.45, 7) is 7.18. The van der Waals surface area contributed by atoms with Crippen LogP contribution in [0, 0.1) is 5.92 Å². The summed E-state index contributed by atoms with van der Waals surface area (Å²) in [5.74, 6) is -1.38. The van der Waals surface area contributed by atoms with E-state index in [0.29, 0.717) is 25.7 Å². The van der Waals surface area contributed by atoms with Crippen LogP contribution in [0.3, 0.4) is 0 Å². The van der Waals surface area contributed by atoms with Crippen molar-refractivity contribution < 1.29 is 80.2 Å². The minimum Gasteiger partial charge on any atom is -0.462 e. The molecule has 17 nitrogen and oxygen atoms in total. The summed E-state index contributed by atoms with van der Waals surface area (Å²) in [7, 11) is -9.90. The first-order chi connectivity index (χ1) is 45.5. The van der Waals surface area contributed by atoms with Gasteiger partial charge in [0.15, 0.2) is 12.2 Å². The number of phosphoric acid groups is 2. The average molecular weight is 1380 g/mol. The average Bonchev–Trinajstić information content (AvgIpc) is 1.51. The Hall–Kier alpha value is -1.94. The van der Waals surface area contributed by atoms with Gasteiger partial charge in [-0.2, -0.15) is 0 Å². The number of ether oxygens (including phenoxy) is 4. The fourth-order valence-electron chi connectivity index (χ4n) is 11.5.